The van der Waals surface area contributed by atoms with Gasteiger partial charge < -0.3 is 30.4 Å². The third-order valence-corrected chi connectivity index (χ3v) is 6.06. The zero-order chi connectivity index (χ0) is 24.1. The van der Waals surface area contributed by atoms with Crippen LogP contribution in [0.25, 0.3) is 11.1 Å². The maximum Gasteiger partial charge on any atom is 0.221 e. The van der Waals surface area contributed by atoms with E-state index in [-0.39, 0.29) is 11.4 Å². The average molecular weight is 465 g/mol. The van der Waals surface area contributed by atoms with Gasteiger partial charge in [-0.1, -0.05) is 12.1 Å². The molecule has 3 aromatic rings. The van der Waals surface area contributed by atoms with Crippen molar-refractivity contribution in [2.75, 3.05) is 45.5 Å². The zero-order valence-electron chi connectivity index (χ0n) is 20.0. The minimum atomic E-state index is 0.0724. The lowest BCUT2D eigenvalue weighted by molar-refractivity contribution is 0.104. The Morgan fingerprint density at radius 1 is 0.971 bits per heavy atom. The van der Waals surface area contributed by atoms with E-state index < -0.39 is 0 Å². The maximum atomic E-state index is 6.47. The molecule has 0 radical (unpaired) electrons. The van der Waals surface area contributed by atoms with Gasteiger partial charge in [0.1, 0.15) is 23.1 Å². The molecule has 1 saturated carbocycles. The first-order valence-corrected chi connectivity index (χ1v) is 11.4. The normalized spacial score (nSPS) is 14.0. The van der Waals surface area contributed by atoms with E-state index in [0.29, 0.717) is 32.1 Å². The van der Waals surface area contributed by atoms with Crippen LogP contribution < -0.4 is 25.7 Å². The van der Waals surface area contributed by atoms with Crippen LogP contribution in [0.3, 0.4) is 0 Å². The van der Waals surface area contributed by atoms with Crippen molar-refractivity contribution in [1.82, 2.24) is 9.97 Å². The van der Waals surface area contributed by atoms with E-state index in [2.05, 4.69) is 9.97 Å². The van der Waals surface area contributed by atoms with Crippen LogP contribution in [0.1, 0.15) is 30.9 Å². The number of nitrogens with zero attached hydrogens (tertiary/aromatic N) is 2. The number of nitrogen functional groups attached to an aromatic ring is 2. The summed E-state index contributed by atoms with van der Waals surface area (Å²) in [4.78, 5) is 8.18. The van der Waals surface area contributed by atoms with Gasteiger partial charge >= 0.3 is 0 Å². The summed E-state index contributed by atoms with van der Waals surface area (Å²) < 4.78 is 23.3. The van der Waals surface area contributed by atoms with E-state index in [1.54, 1.807) is 20.4 Å². The number of hydrogen-bond donors (Lipinski definition) is 2. The van der Waals surface area contributed by atoms with Crippen LogP contribution in [0, 0.1) is 5.41 Å². The van der Waals surface area contributed by atoms with Gasteiger partial charge in [0.15, 0.2) is 0 Å². The molecule has 1 aliphatic carbocycles. The van der Waals surface area contributed by atoms with E-state index >= 15 is 0 Å². The lowest BCUT2D eigenvalue weighted by Gasteiger charge is -2.21. The Kier molecular flexibility index (Phi) is 7.07. The molecule has 1 fully saturated rings. The number of benzene rings is 2. The van der Waals surface area contributed by atoms with Crippen molar-refractivity contribution in [2.45, 2.75) is 26.2 Å². The van der Waals surface area contributed by atoms with Crippen molar-refractivity contribution >= 4 is 11.8 Å². The van der Waals surface area contributed by atoms with E-state index in [4.69, 9.17) is 30.4 Å². The Hall–Kier alpha value is -3.52. The molecule has 1 aliphatic rings. The number of nitrogens with two attached hydrogens (primary N) is 2. The van der Waals surface area contributed by atoms with Gasteiger partial charge in [-0.3, -0.25) is 0 Å². The summed E-state index contributed by atoms with van der Waals surface area (Å²) in [7, 11) is 3.39. The topological polar surface area (TPSA) is 115 Å². The van der Waals surface area contributed by atoms with Gasteiger partial charge in [0.05, 0.1) is 32.5 Å². The lowest BCUT2D eigenvalue weighted by atomic mass is 9.98. The highest BCUT2D eigenvalue weighted by atomic mass is 16.5. The number of ether oxygens (including phenoxy) is 4. The quantitative estimate of drug-likeness (QED) is 0.436. The molecule has 0 aliphatic heterocycles. The molecule has 2 aromatic carbocycles. The largest absolute Gasteiger partial charge is 0.497 e. The third kappa shape index (κ3) is 5.34. The third-order valence-electron chi connectivity index (χ3n) is 6.06. The van der Waals surface area contributed by atoms with Crippen LogP contribution in [0.15, 0.2) is 42.6 Å². The van der Waals surface area contributed by atoms with E-state index in [0.717, 1.165) is 52.3 Å². The highest BCUT2D eigenvalue weighted by Gasteiger charge is 2.43. The standard InChI is InChI=1S/C26H32N4O4/c1-4-33-21-12-17(11-19-14-29-25(28)30-24(19)27)13-22(34-16-26(9-10-26)15-31-2)23(21)18-5-7-20(32-3)8-6-18/h5-8,12-14H,4,9-11,15-16H2,1-3H3,(H4,27,28,29,30). The summed E-state index contributed by atoms with van der Waals surface area (Å²) in [6, 6.07) is 12.0. The van der Waals surface area contributed by atoms with Crippen LogP contribution in [0.4, 0.5) is 11.8 Å². The zero-order valence-corrected chi connectivity index (χ0v) is 20.0. The van der Waals surface area contributed by atoms with Crippen molar-refractivity contribution in [3.05, 3.63) is 53.7 Å². The van der Waals surface area contributed by atoms with Crippen molar-refractivity contribution in [3.8, 4) is 28.4 Å². The van der Waals surface area contributed by atoms with Gasteiger partial charge in [0.25, 0.3) is 0 Å². The molecular formula is C26H32N4O4. The van der Waals surface area contributed by atoms with Crippen LogP contribution in [-0.2, 0) is 11.2 Å². The number of methoxy groups -OCH3 is 2. The molecule has 1 heterocycles. The molecule has 0 amide bonds. The predicted molar refractivity (Wildman–Crippen MR) is 132 cm³/mol. The number of hydrogen-bond acceptors (Lipinski definition) is 8. The number of anilines is 2. The Labute approximate surface area is 200 Å². The summed E-state index contributed by atoms with van der Waals surface area (Å²) in [5.41, 5.74) is 15.5. The monoisotopic (exact) mass is 464 g/mol. The summed E-state index contributed by atoms with van der Waals surface area (Å²) in [5, 5.41) is 0. The van der Waals surface area contributed by atoms with Crippen molar-refractivity contribution in [3.63, 3.8) is 0 Å². The summed E-state index contributed by atoms with van der Waals surface area (Å²) in [6.45, 7) is 3.75. The first-order valence-electron chi connectivity index (χ1n) is 11.4. The summed E-state index contributed by atoms with van der Waals surface area (Å²) >= 11 is 0. The molecule has 8 heteroatoms. The predicted octanol–water partition coefficient (Wildman–Crippen LogP) is 4.11. The van der Waals surface area contributed by atoms with Crippen molar-refractivity contribution < 1.29 is 18.9 Å². The van der Waals surface area contributed by atoms with Crippen LogP contribution in [0.2, 0.25) is 0 Å². The SMILES string of the molecule is CCOc1cc(Cc2cnc(N)nc2N)cc(OCC2(COC)CC2)c1-c1ccc(OC)cc1. The number of rotatable bonds is 11. The van der Waals surface area contributed by atoms with Gasteiger partial charge in [-0.25, -0.2) is 4.98 Å². The molecule has 0 atom stereocenters. The summed E-state index contributed by atoms with van der Waals surface area (Å²) in [6.07, 6.45) is 4.37. The molecule has 34 heavy (non-hydrogen) atoms. The molecule has 4 rings (SSSR count). The van der Waals surface area contributed by atoms with Gasteiger partial charge in [0, 0.05) is 30.7 Å². The first kappa shape index (κ1) is 23.6. The van der Waals surface area contributed by atoms with E-state index in [1.807, 2.05) is 43.3 Å². The highest BCUT2D eigenvalue weighted by molar-refractivity contribution is 5.78. The molecule has 8 nitrogen and oxygen atoms in total. The van der Waals surface area contributed by atoms with Crippen LogP contribution in [-0.4, -0.2) is 44.0 Å². The van der Waals surface area contributed by atoms with Crippen LogP contribution in [0.5, 0.6) is 17.2 Å². The van der Waals surface area contributed by atoms with Gasteiger partial charge in [-0.05, 0) is 55.2 Å². The summed E-state index contributed by atoms with van der Waals surface area (Å²) in [5.74, 6) is 2.80. The molecular weight excluding hydrogens is 432 g/mol. The molecule has 0 spiro atoms. The first-order chi connectivity index (χ1) is 16.5. The van der Waals surface area contributed by atoms with Crippen LogP contribution >= 0.6 is 0 Å². The van der Waals surface area contributed by atoms with Crippen molar-refractivity contribution in [2.24, 2.45) is 5.41 Å². The number of aromatic nitrogens is 2. The fraction of sp³-hybridized carbons (Fsp3) is 0.385. The highest BCUT2D eigenvalue weighted by Crippen LogP contribution is 2.48. The minimum absolute atomic E-state index is 0.0724. The maximum absolute atomic E-state index is 6.47. The molecule has 0 bridgehead atoms. The Morgan fingerprint density at radius 2 is 1.68 bits per heavy atom. The van der Waals surface area contributed by atoms with Gasteiger partial charge in [-0.15, -0.1) is 0 Å². The van der Waals surface area contributed by atoms with Gasteiger partial charge in [0.2, 0.25) is 5.95 Å². The Morgan fingerprint density at radius 3 is 2.26 bits per heavy atom. The second-order valence-corrected chi connectivity index (χ2v) is 8.67. The fourth-order valence-electron chi connectivity index (χ4n) is 4.01. The van der Waals surface area contributed by atoms with Crippen molar-refractivity contribution in [1.29, 1.82) is 0 Å². The molecule has 180 valence electrons. The van der Waals surface area contributed by atoms with Gasteiger partial charge in [-0.2, -0.15) is 4.98 Å². The average Bonchev–Trinajstić information content (AvgIpc) is 3.60. The van der Waals surface area contributed by atoms with E-state index in [9.17, 15) is 0 Å². The molecule has 4 N–H and O–H groups in total. The second kappa shape index (κ2) is 10.2. The molecule has 0 saturated heterocycles. The molecule has 0 unspecified atom stereocenters. The Balaban J connectivity index is 1.75. The lowest BCUT2D eigenvalue weighted by Crippen LogP contribution is -2.19. The smallest absolute Gasteiger partial charge is 0.221 e. The molecule has 1 aromatic heterocycles. The Bertz CT molecular complexity index is 1130. The fourth-order valence-corrected chi connectivity index (χ4v) is 4.01. The second-order valence-electron chi connectivity index (χ2n) is 8.67. The van der Waals surface area contributed by atoms with E-state index in [1.165, 1.54) is 0 Å². The minimum Gasteiger partial charge on any atom is -0.497 e.